The number of hydrogen-bond acceptors (Lipinski definition) is 4. The van der Waals surface area contributed by atoms with Crippen molar-refractivity contribution in [1.29, 1.82) is 5.41 Å². The normalized spacial score (nSPS) is 14.1. The van der Waals surface area contributed by atoms with Gasteiger partial charge in [-0.25, -0.2) is 4.68 Å². The van der Waals surface area contributed by atoms with E-state index in [-0.39, 0.29) is 6.04 Å². The molecule has 0 saturated carbocycles. The number of rotatable bonds is 15. The van der Waals surface area contributed by atoms with E-state index in [0.717, 1.165) is 81.3 Å². The van der Waals surface area contributed by atoms with E-state index in [0.29, 0.717) is 23.6 Å². The molecule has 2 aromatic heterocycles. The average molecular weight is 803 g/mol. The highest BCUT2D eigenvalue weighted by atomic mass is 35.5. The molecule has 0 spiro atoms. The number of nitrogens with one attached hydrogen (secondary N) is 1. The molecule has 8 rings (SSSR count). The summed E-state index contributed by atoms with van der Waals surface area (Å²) in [6.45, 7) is 5.97. The van der Waals surface area contributed by atoms with E-state index in [1.165, 1.54) is 11.1 Å². The molecule has 0 saturated heterocycles. The van der Waals surface area contributed by atoms with Gasteiger partial charge < -0.3 is 14.7 Å². The second-order valence-electron chi connectivity index (χ2n) is 14.9. The Kier molecular flexibility index (Phi) is 12.5. The Hall–Kier alpha value is -6.91. The van der Waals surface area contributed by atoms with Gasteiger partial charge >= 0.3 is 0 Å². The highest BCUT2D eigenvalue weighted by Gasteiger charge is 2.29. The van der Waals surface area contributed by atoms with Crippen LogP contribution in [0.1, 0.15) is 65.1 Å². The van der Waals surface area contributed by atoms with Gasteiger partial charge in [0, 0.05) is 58.4 Å². The van der Waals surface area contributed by atoms with Crippen LogP contribution >= 0.6 is 11.6 Å². The van der Waals surface area contributed by atoms with Crippen LogP contribution in [-0.4, -0.2) is 15.5 Å². The highest BCUT2D eigenvalue weighted by Crippen LogP contribution is 2.41. The molecule has 6 heteroatoms. The molecule has 0 bridgehead atoms. The van der Waals surface area contributed by atoms with Crippen LogP contribution in [0.5, 0.6) is 0 Å². The van der Waals surface area contributed by atoms with Crippen molar-refractivity contribution in [2.75, 3.05) is 4.90 Å². The molecule has 5 aromatic carbocycles. The third-order valence-corrected chi connectivity index (χ3v) is 11.3. The Morgan fingerprint density at radius 2 is 1.52 bits per heavy atom. The van der Waals surface area contributed by atoms with E-state index < -0.39 is 0 Å². The van der Waals surface area contributed by atoms with Crippen LogP contribution in [0, 0.1) is 5.41 Å². The van der Waals surface area contributed by atoms with E-state index >= 15 is 0 Å². The Morgan fingerprint density at radius 1 is 0.817 bits per heavy atom. The van der Waals surface area contributed by atoms with Crippen molar-refractivity contribution in [2.24, 2.45) is 0 Å². The number of furan rings is 1. The largest absolute Gasteiger partial charge is 0.461 e. The summed E-state index contributed by atoms with van der Waals surface area (Å²) in [5, 5.41) is 14.9. The van der Waals surface area contributed by atoms with Gasteiger partial charge in [-0.3, -0.25) is 0 Å². The van der Waals surface area contributed by atoms with Crippen LogP contribution in [0.3, 0.4) is 0 Å². The topological polar surface area (TPSA) is 58.1 Å². The Morgan fingerprint density at radius 3 is 2.25 bits per heavy atom. The quantitative estimate of drug-likeness (QED) is 0.0638. The number of hydrogen-bond donors (Lipinski definition) is 1. The van der Waals surface area contributed by atoms with Gasteiger partial charge in [-0.05, 0) is 115 Å². The molecule has 1 aliphatic rings. The maximum Gasteiger partial charge on any atom is 0.134 e. The van der Waals surface area contributed by atoms with Crippen molar-refractivity contribution in [2.45, 2.75) is 45.1 Å². The van der Waals surface area contributed by atoms with E-state index in [2.05, 4.69) is 134 Å². The summed E-state index contributed by atoms with van der Waals surface area (Å²) in [7, 11) is 0. The minimum atomic E-state index is -0.0343. The second-order valence-corrected chi connectivity index (χ2v) is 15.3. The molecule has 1 atom stereocenters. The number of nitrogens with zero attached hydrogens (tertiary/aromatic N) is 3. The van der Waals surface area contributed by atoms with Crippen LogP contribution in [0.25, 0.3) is 28.2 Å². The third kappa shape index (κ3) is 9.19. The fraction of sp³-hybridized carbons (Fsp3) is 0.130. The molecule has 1 aliphatic heterocycles. The molecule has 296 valence electrons. The lowest BCUT2D eigenvalue weighted by Gasteiger charge is -2.33. The minimum Gasteiger partial charge on any atom is -0.461 e. The number of allylic oxidation sites excluding steroid dienone is 5. The second kappa shape index (κ2) is 18.8. The SMILES string of the molecule is C=C/C=C\C(=C/C)c1nn(-c2ccccc2)cc1C1CC(c2ccc(CCc3ccccc3C(=N)CCc3ccc(-c4ccc(Cl)cc4)o3)cc2)=C=CN1c1ccccc1. The number of para-hydroxylation sites is 2. The van der Waals surface area contributed by atoms with Gasteiger partial charge in [0.25, 0.3) is 0 Å². The van der Waals surface area contributed by atoms with Crippen LogP contribution in [0.15, 0.2) is 199 Å². The number of aromatic nitrogens is 2. The molecule has 7 aromatic rings. The molecule has 5 nitrogen and oxygen atoms in total. The molecule has 0 aliphatic carbocycles. The fourth-order valence-corrected chi connectivity index (χ4v) is 7.93. The third-order valence-electron chi connectivity index (χ3n) is 11.0. The van der Waals surface area contributed by atoms with Gasteiger partial charge in [0.15, 0.2) is 0 Å². The zero-order valence-corrected chi connectivity index (χ0v) is 34.5. The van der Waals surface area contributed by atoms with E-state index in [4.69, 9.17) is 26.5 Å². The van der Waals surface area contributed by atoms with Gasteiger partial charge in [0.05, 0.1) is 17.4 Å². The van der Waals surface area contributed by atoms with Crippen molar-refractivity contribution < 1.29 is 4.42 Å². The van der Waals surface area contributed by atoms with Crippen LogP contribution in [0.2, 0.25) is 5.02 Å². The van der Waals surface area contributed by atoms with Crippen molar-refractivity contribution >= 4 is 34.1 Å². The molecule has 0 amide bonds. The molecule has 0 fully saturated rings. The molecule has 1 N–H and O–H groups in total. The lowest BCUT2D eigenvalue weighted by atomic mass is 9.89. The van der Waals surface area contributed by atoms with Gasteiger partial charge in [-0.2, -0.15) is 5.10 Å². The van der Waals surface area contributed by atoms with Crippen molar-refractivity contribution in [3.8, 4) is 17.0 Å². The van der Waals surface area contributed by atoms with Gasteiger partial charge in [-0.1, -0.05) is 133 Å². The molecule has 3 heterocycles. The lowest BCUT2D eigenvalue weighted by Crippen LogP contribution is -2.26. The minimum absolute atomic E-state index is 0.0343. The van der Waals surface area contributed by atoms with Crippen LogP contribution in [0.4, 0.5) is 5.69 Å². The first-order valence-corrected chi connectivity index (χ1v) is 20.8. The number of benzene rings is 5. The monoisotopic (exact) mass is 802 g/mol. The average Bonchev–Trinajstić information content (AvgIpc) is 3.97. The first-order valence-electron chi connectivity index (χ1n) is 20.5. The van der Waals surface area contributed by atoms with Crippen molar-refractivity contribution in [1.82, 2.24) is 9.78 Å². The smallest absolute Gasteiger partial charge is 0.134 e. The zero-order chi connectivity index (χ0) is 41.3. The number of anilines is 1. The predicted molar refractivity (Wildman–Crippen MR) is 249 cm³/mol. The zero-order valence-electron chi connectivity index (χ0n) is 33.8. The predicted octanol–water partition coefficient (Wildman–Crippen LogP) is 13.9. The number of aryl methyl sites for hydroxylation is 3. The van der Waals surface area contributed by atoms with Crippen molar-refractivity contribution in [3.63, 3.8) is 0 Å². The maximum atomic E-state index is 9.02. The summed E-state index contributed by atoms with van der Waals surface area (Å²) in [5.74, 6) is 1.68. The highest BCUT2D eigenvalue weighted by molar-refractivity contribution is 6.30. The molecule has 0 radical (unpaired) electrons. The molecule has 60 heavy (non-hydrogen) atoms. The summed E-state index contributed by atoms with van der Waals surface area (Å²) in [4.78, 5) is 2.32. The Bertz CT molecular complexity index is 2710. The van der Waals surface area contributed by atoms with E-state index in [1.807, 2.05) is 71.4 Å². The fourth-order valence-electron chi connectivity index (χ4n) is 7.80. The summed E-state index contributed by atoms with van der Waals surface area (Å²) in [6.07, 6.45) is 16.0. The maximum absolute atomic E-state index is 9.02. The van der Waals surface area contributed by atoms with E-state index in [1.54, 1.807) is 6.08 Å². The van der Waals surface area contributed by atoms with Crippen LogP contribution < -0.4 is 4.90 Å². The van der Waals surface area contributed by atoms with Gasteiger partial charge in [-0.15, -0.1) is 0 Å². The Balaban J connectivity index is 0.995. The summed E-state index contributed by atoms with van der Waals surface area (Å²) in [5.41, 5.74) is 16.2. The first kappa shape index (κ1) is 39.9. The number of halogens is 1. The summed E-state index contributed by atoms with van der Waals surface area (Å²) < 4.78 is 8.12. The van der Waals surface area contributed by atoms with Gasteiger partial charge in [0.1, 0.15) is 11.5 Å². The van der Waals surface area contributed by atoms with Crippen molar-refractivity contribution in [3.05, 3.63) is 239 Å². The van der Waals surface area contributed by atoms with E-state index in [9.17, 15) is 0 Å². The lowest BCUT2D eigenvalue weighted by molar-refractivity contribution is 0.525. The molecular formula is C54H47ClN4O. The standard InChI is InChI=1S/C54H47ClN4O/c1-3-5-14-40(4-2)54-50(38-59(57-54)47-18-10-7-11-19-47)52-37-44(35-36-58(52)46-16-8-6-9-17-46)41-24-21-39(22-25-41)23-26-42-15-12-13-20-49(42)51(56)33-31-48-32-34-53(60-48)43-27-29-45(55)30-28-43/h3-22,24-25,27-30,32,34,36,38,52,56H,1,23,26,31,33,37H2,2H3/b14-5-,40-4+,56-51?. The van der Waals surface area contributed by atoms with Crippen LogP contribution in [-0.2, 0) is 19.3 Å². The Labute approximate surface area is 358 Å². The molecule has 1 unspecified atom stereocenters. The summed E-state index contributed by atoms with van der Waals surface area (Å²) in [6, 6.07) is 49.7. The summed E-state index contributed by atoms with van der Waals surface area (Å²) >= 11 is 6.07. The first-order chi connectivity index (χ1) is 29.5. The molecular weight excluding hydrogens is 756 g/mol. The van der Waals surface area contributed by atoms with Gasteiger partial charge in [0.2, 0.25) is 0 Å².